The summed E-state index contributed by atoms with van der Waals surface area (Å²) in [6.07, 6.45) is 2.96. The van der Waals surface area contributed by atoms with Gasteiger partial charge in [-0.15, -0.1) is 0 Å². The second kappa shape index (κ2) is 4.85. The van der Waals surface area contributed by atoms with Crippen LogP contribution in [0.4, 0.5) is 0 Å². The number of piperidine rings is 1. The van der Waals surface area contributed by atoms with E-state index in [2.05, 4.69) is 5.32 Å². The first-order valence-corrected chi connectivity index (χ1v) is 6.77. The Morgan fingerprint density at radius 1 is 1.21 bits per heavy atom. The Hall–Kier alpha value is -1.55. The fourth-order valence-corrected chi connectivity index (χ4v) is 3.24. The molecule has 4 nitrogen and oxygen atoms in total. The summed E-state index contributed by atoms with van der Waals surface area (Å²) in [4.78, 5) is 12.6. The topological polar surface area (TPSA) is 47.6 Å². The van der Waals surface area contributed by atoms with Crippen molar-refractivity contribution in [1.29, 1.82) is 0 Å². The largest absolute Gasteiger partial charge is 0.493 e. The van der Waals surface area contributed by atoms with Gasteiger partial charge in [-0.05, 0) is 43.5 Å². The highest BCUT2D eigenvalue weighted by Crippen LogP contribution is 2.37. The molecule has 0 radical (unpaired) electrons. The van der Waals surface area contributed by atoms with Crippen molar-refractivity contribution in [1.82, 2.24) is 5.32 Å². The van der Waals surface area contributed by atoms with E-state index in [1.54, 1.807) is 14.2 Å². The molecule has 102 valence electrons. The molecular weight excluding hydrogens is 242 g/mol. The van der Waals surface area contributed by atoms with E-state index in [1.807, 2.05) is 12.1 Å². The van der Waals surface area contributed by atoms with E-state index in [9.17, 15) is 4.79 Å². The van der Waals surface area contributed by atoms with Crippen molar-refractivity contribution >= 4 is 5.78 Å². The molecule has 2 aliphatic rings. The van der Waals surface area contributed by atoms with Crippen molar-refractivity contribution in [3.63, 3.8) is 0 Å². The van der Waals surface area contributed by atoms with E-state index in [0.29, 0.717) is 11.5 Å². The average Bonchev–Trinajstić information content (AvgIpc) is 2.46. The minimum Gasteiger partial charge on any atom is -0.493 e. The lowest BCUT2D eigenvalue weighted by molar-refractivity contribution is 0.0840. The number of fused-ring (bicyclic) bond motifs is 2. The lowest BCUT2D eigenvalue weighted by Gasteiger charge is -2.36. The summed E-state index contributed by atoms with van der Waals surface area (Å²) in [5, 5.41) is 3.47. The van der Waals surface area contributed by atoms with Crippen molar-refractivity contribution in [2.24, 2.45) is 5.92 Å². The molecule has 0 bridgehead atoms. The van der Waals surface area contributed by atoms with E-state index >= 15 is 0 Å². The Morgan fingerprint density at radius 3 is 2.68 bits per heavy atom. The number of Topliss-reactive ketones (excluding diaryl/α,β-unsaturated/α-hetero) is 1. The summed E-state index contributed by atoms with van der Waals surface area (Å²) in [6, 6.07) is 4.06. The average molecular weight is 261 g/mol. The minimum atomic E-state index is 0.124. The number of carbonyl (C=O) groups is 1. The van der Waals surface area contributed by atoms with Crippen LogP contribution < -0.4 is 14.8 Å². The van der Waals surface area contributed by atoms with Crippen LogP contribution in [-0.2, 0) is 6.42 Å². The summed E-state index contributed by atoms with van der Waals surface area (Å²) in [6.45, 7) is 1.01. The third-order valence-corrected chi connectivity index (χ3v) is 4.24. The van der Waals surface area contributed by atoms with E-state index in [1.165, 1.54) is 0 Å². The quantitative estimate of drug-likeness (QED) is 0.882. The number of benzene rings is 1. The standard InChI is InChI=1S/C15H19NO3/c1-18-13-7-9-6-12-10(4-3-5-16-12)15(17)11(9)8-14(13)19-2/h7-8,10,12,16H,3-6H2,1-2H3. The fourth-order valence-electron chi connectivity index (χ4n) is 3.24. The van der Waals surface area contributed by atoms with Gasteiger partial charge in [0.15, 0.2) is 17.3 Å². The summed E-state index contributed by atoms with van der Waals surface area (Å²) in [7, 11) is 3.22. The second-order valence-corrected chi connectivity index (χ2v) is 5.24. The zero-order chi connectivity index (χ0) is 13.4. The zero-order valence-corrected chi connectivity index (χ0v) is 11.4. The molecule has 1 aromatic rings. The van der Waals surface area contributed by atoms with Crippen LogP contribution in [0.25, 0.3) is 0 Å². The number of carbonyl (C=O) groups excluding carboxylic acids is 1. The number of hydrogen-bond acceptors (Lipinski definition) is 4. The van der Waals surface area contributed by atoms with Crippen molar-refractivity contribution in [2.75, 3.05) is 20.8 Å². The third kappa shape index (κ3) is 2.00. The Morgan fingerprint density at radius 2 is 1.95 bits per heavy atom. The molecule has 0 aromatic heterocycles. The van der Waals surface area contributed by atoms with Crippen molar-refractivity contribution < 1.29 is 14.3 Å². The molecule has 3 rings (SSSR count). The first kappa shape index (κ1) is 12.5. The normalized spacial score (nSPS) is 25.5. The van der Waals surface area contributed by atoms with Crippen LogP contribution >= 0.6 is 0 Å². The Kier molecular flexibility index (Phi) is 3.19. The SMILES string of the molecule is COc1cc2c(cc1OC)C(=O)C1CCCNC1C2. The molecule has 4 heteroatoms. The van der Waals surface area contributed by atoms with E-state index < -0.39 is 0 Å². The molecule has 1 aromatic carbocycles. The van der Waals surface area contributed by atoms with Gasteiger partial charge in [0.2, 0.25) is 0 Å². The molecule has 1 aliphatic carbocycles. The Labute approximate surface area is 113 Å². The van der Waals surface area contributed by atoms with Gasteiger partial charge >= 0.3 is 0 Å². The van der Waals surface area contributed by atoms with Gasteiger partial charge in [-0.1, -0.05) is 0 Å². The molecule has 1 N–H and O–H groups in total. The number of hydrogen-bond donors (Lipinski definition) is 1. The second-order valence-electron chi connectivity index (χ2n) is 5.24. The Bertz CT molecular complexity index is 512. The van der Waals surface area contributed by atoms with Crippen LogP contribution in [0, 0.1) is 5.92 Å². The van der Waals surface area contributed by atoms with Crippen molar-refractivity contribution in [3.05, 3.63) is 23.3 Å². The highest BCUT2D eigenvalue weighted by Gasteiger charge is 2.37. The minimum absolute atomic E-state index is 0.124. The van der Waals surface area contributed by atoms with E-state index in [4.69, 9.17) is 9.47 Å². The predicted molar refractivity (Wildman–Crippen MR) is 72.1 cm³/mol. The molecule has 0 spiro atoms. The smallest absolute Gasteiger partial charge is 0.167 e. The molecule has 0 saturated carbocycles. The van der Waals surface area contributed by atoms with Crippen LogP contribution in [0.2, 0.25) is 0 Å². The highest BCUT2D eigenvalue weighted by atomic mass is 16.5. The zero-order valence-electron chi connectivity index (χ0n) is 11.4. The number of rotatable bonds is 2. The van der Waals surface area contributed by atoms with Crippen molar-refractivity contribution in [3.8, 4) is 11.5 Å². The molecular formula is C15H19NO3. The molecule has 1 heterocycles. The summed E-state index contributed by atoms with van der Waals surface area (Å²) >= 11 is 0. The molecule has 2 atom stereocenters. The van der Waals surface area contributed by atoms with Crippen LogP contribution in [0.15, 0.2) is 12.1 Å². The fraction of sp³-hybridized carbons (Fsp3) is 0.533. The number of nitrogens with one attached hydrogen (secondary N) is 1. The number of ether oxygens (including phenoxy) is 2. The summed E-state index contributed by atoms with van der Waals surface area (Å²) < 4.78 is 10.6. The van der Waals surface area contributed by atoms with Gasteiger partial charge in [-0.25, -0.2) is 0 Å². The summed E-state index contributed by atoms with van der Waals surface area (Å²) in [5.41, 5.74) is 1.88. The number of ketones is 1. The molecule has 1 saturated heterocycles. The van der Waals surface area contributed by atoms with E-state index in [-0.39, 0.29) is 17.7 Å². The maximum absolute atomic E-state index is 12.6. The van der Waals surface area contributed by atoms with Crippen LogP contribution in [0.1, 0.15) is 28.8 Å². The van der Waals surface area contributed by atoms with Gasteiger partial charge in [0, 0.05) is 17.5 Å². The number of methoxy groups -OCH3 is 2. The maximum Gasteiger partial charge on any atom is 0.167 e. The first-order valence-electron chi connectivity index (χ1n) is 6.77. The molecule has 1 aliphatic heterocycles. The van der Waals surface area contributed by atoms with Gasteiger partial charge in [0.25, 0.3) is 0 Å². The third-order valence-electron chi connectivity index (χ3n) is 4.24. The summed E-state index contributed by atoms with van der Waals surface area (Å²) in [5.74, 6) is 1.71. The lowest BCUT2D eigenvalue weighted by Crippen LogP contribution is -2.48. The van der Waals surface area contributed by atoms with Gasteiger partial charge in [0.1, 0.15) is 0 Å². The van der Waals surface area contributed by atoms with Gasteiger partial charge in [0.05, 0.1) is 14.2 Å². The predicted octanol–water partition coefficient (Wildman–Crippen LogP) is 1.81. The lowest BCUT2D eigenvalue weighted by atomic mass is 9.75. The maximum atomic E-state index is 12.6. The highest BCUT2D eigenvalue weighted by molar-refractivity contribution is 6.01. The van der Waals surface area contributed by atoms with Gasteiger partial charge in [-0.3, -0.25) is 4.79 Å². The van der Waals surface area contributed by atoms with Gasteiger partial charge in [-0.2, -0.15) is 0 Å². The van der Waals surface area contributed by atoms with Crippen molar-refractivity contribution in [2.45, 2.75) is 25.3 Å². The van der Waals surface area contributed by atoms with Crippen LogP contribution in [0.5, 0.6) is 11.5 Å². The Balaban J connectivity index is 2.04. The molecule has 1 fully saturated rings. The molecule has 19 heavy (non-hydrogen) atoms. The van der Waals surface area contributed by atoms with Crippen LogP contribution in [0.3, 0.4) is 0 Å². The molecule has 2 unspecified atom stereocenters. The van der Waals surface area contributed by atoms with E-state index in [0.717, 1.165) is 36.9 Å². The van der Waals surface area contributed by atoms with Crippen LogP contribution in [-0.4, -0.2) is 32.6 Å². The van der Waals surface area contributed by atoms with Gasteiger partial charge < -0.3 is 14.8 Å². The first-order chi connectivity index (χ1) is 9.24. The molecule has 0 amide bonds. The monoisotopic (exact) mass is 261 g/mol.